The maximum atomic E-state index is 13.1. The predicted octanol–water partition coefficient (Wildman–Crippen LogP) is 2.81. The minimum Gasteiger partial charge on any atom is -0.467 e. The summed E-state index contributed by atoms with van der Waals surface area (Å²) in [6, 6.07) is 8.05. The number of nitrogens with zero attached hydrogens (tertiary/aromatic N) is 4. The zero-order valence-corrected chi connectivity index (χ0v) is 17.0. The van der Waals surface area contributed by atoms with Crippen molar-refractivity contribution >= 4 is 5.91 Å². The van der Waals surface area contributed by atoms with Crippen LogP contribution in [0.15, 0.2) is 47.3 Å². The van der Waals surface area contributed by atoms with Crippen molar-refractivity contribution < 1.29 is 9.21 Å². The highest BCUT2D eigenvalue weighted by atomic mass is 16.3. The summed E-state index contributed by atoms with van der Waals surface area (Å²) in [6.07, 6.45) is 8.07. The Morgan fingerprint density at radius 3 is 3.00 bits per heavy atom. The molecule has 4 rings (SSSR count). The summed E-state index contributed by atoms with van der Waals surface area (Å²) >= 11 is 0. The largest absolute Gasteiger partial charge is 0.467 e. The van der Waals surface area contributed by atoms with E-state index in [0.29, 0.717) is 18.3 Å². The first-order valence-electron chi connectivity index (χ1n) is 10.1. The van der Waals surface area contributed by atoms with Gasteiger partial charge in [-0.3, -0.25) is 14.5 Å². The molecule has 3 aromatic heterocycles. The highest BCUT2D eigenvalue weighted by Crippen LogP contribution is 2.26. The summed E-state index contributed by atoms with van der Waals surface area (Å²) in [7, 11) is 1.79. The SMILES string of the molecule is CCn1nc(C(=O)N(C)Cc2ccco2)c2c1CC[C@H](NCc1cccnc1)C2. The first-order chi connectivity index (χ1) is 14.2. The molecule has 0 aromatic carbocycles. The van der Waals surface area contributed by atoms with Gasteiger partial charge in [0.15, 0.2) is 5.69 Å². The van der Waals surface area contributed by atoms with Gasteiger partial charge in [-0.2, -0.15) is 5.10 Å². The number of rotatable bonds is 7. The van der Waals surface area contributed by atoms with Gasteiger partial charge in [0.05, 0.1) is 12.8 Å². The number of hydrogen-bond acceptors (Lipinski definition) is 5. The van der Waals surface area contributed by atoms with E-state index in [-0.39, 0.29) is 5.91 Å². The van der Waals surface area contributed by atoms with Crippen LogP contribution in [0, 0.1) is 0 Å². The van der Waals surface area contributed by atoms with Crippen LogP contribution in [0.4, 0.5) is 0 Å². The van der Waals surface area contributed by atoms with Gasteiger partial charge < -0.3 is 14.6 Å². The number of carbonyl (C=O) groups excluding carboxylic acids is 1. The second kappa shape index (κ2) is 8.61. The van der Waals surface area contributed by atoms with Crippen LogP contribution in [-0.4, -0.2) is 38.7 Å². The van der Waals surface area contributed by atoms with Gasteiger partial charge in [0.25, 0.3) is 5.91 Å². The molecule has 0 unspecified atom stereocenters. The highest BCUT2D eigenvalue weighted by molar-refractivity contribution is 5.94. The van der Waals surface area contributed by atoms with Crippen LogP contribution < -0.4 is 5.32 Å². The number of aryl methyl sites for hydroxylation is 1. The fourth-order valence-corrected chi connectivity index (χ4v) is 3.95. The first-order valence-corrected chi connectivity index (χ1v) is 10.1. The molecular weight excluding hydrogens is 366 g/mol. The number of amides is 1. The Kier molecular flexibility index (Phi) is 5.76. The topological polar surface area (TPSA) is 76.2 Å². The van der Waals surface area contributed by atoms with Crippen molar-refractivity contribution in [2.75, 3.05) is 7.05 Å². The molecule has 0 fully saturated rings. The second-order valence-electron chi connectivity index (χ2n) is 7.51. The molecule has 3 aromatic rings. The van der Waals surface area contributed by atoms with E-state index in [9.17, 15) is 4.79 Å². The second-order valence-corrected chi connectivity index (χ2v) is 7.51. The third kappa shape index (κ3) is 4.24. The van der Waals surface area contributed by atoms with Crippen molar-refractivity contribution in [1.29, 1.82) is 0 Å². The lowest BCUT2D eigenvalue weighted by Crippen LogP contribution is -2.35. The summed E-state index contributed by atoms with van der Waals surface area (Å²) in [5.74, 6) is 0.707. The fraction of sp³-hybridized carbons (Fsp3) is 0.409. The van der Waals surface area contributed by atoms with Crippen LogP contribution in [-0.2, 0) is 32.5 Å². The summed E-state index contributed by atoms with van der Waals surface area (Å²) in [5.41, 5.74) is 4.01. The predicted molar refractivity (Wildman–Crippen MR) is 109 cm³/mol. The minimum atomic E-state index is -0.0576. The van der Waals surface area contributed by atoms with Crippen LogP contribution in [0.1, 0.15) is 46.4 Å². The smallest absolute Gasteiger partial charge is 0.274 e. The van der Waals surface area contributed by atoms with Crippen LogP contribution in [0.5, 0.6) is 0 Å². The van der Waals surface area contributed by atoms with E-state index in [1.54, 1.807) is 24.4 Å². The molecule has 0 spiro atoms. The lowest BCUT2D eigenvalue weighted by atomic mass is 9.91. The Bertz CT molecular complexity index is 949. The fourth-order valence-electron chi connectivity index (χ4n) is 3.95. The van der Waals surface area contributed by atoms with Crippen LogP contribution in [0.3, 0.4) is 0 Å². The number of nitrogens with one attached hydrogen (secondary N) is 1. The number of pyridine rings is 1. The Balaban J connectivity index is 1.49. The van der Waals surface area contributed by atoms with Crippen molar-refractivity contribution in [2.24, 2.45) is 0 Å². The quantitative estimate of drug-likeness (QED) is 0.668. The minimum absolute atomic E-state index is 0.0576. The average molecular weight is 393 g/mol. The maximum Gasteiger partial charge on any atom is 0.274 e. The number of hydrogen-bond donors (Lipinski definition) is 1. The van der Waals surface area contributed by atoms with E-state index in [1.807, 2.05) is 29.1 Å². The summed E-state index contributed by atoms with van der Waals surface area (Å²) < 4.78 is 7.37. The van der Waals surface area contributed by atoms with E-state index in [4.69, 9.17) is 4.42 Å². The highest BCUT2D eigenvalue weighted by Gasteiger charge is 2.30. The Labute approximate surface area is 170 Å². The van der Waals surface area contributed by atoms with Crippen LogP contribution in [0.25, 0.3) is 0 Å². The van der Waals surface area contributed by atoms with Crippen molar-refractivity contribution in [2.45, 2.75) is 51.9 Å². The van der Waals surface area contributed by atoms with Gasteiger partial charge in [-0.05, 0) is 49.9 Å². The molecule has 1 atom stereocenters. The van der Waals surface area contributed by atoms with E-state index >= 15 is 0 Å². The van der Waals surface area contributed by atoms with Crippen LogP contribution in [0.2, 0.25) is 0 Å². The summed E-state index contributed by atoms with van der Waals surface area (Å²) in [6.45, 7) is 4.05. The van der Waals surface area contributed by atoms with Crippen molar-refractivity contribution in [3.05, 3.63) is 71.2 Å². The molecule has 7 heteroatoms. The average Bonchev–Trinajstić information content (AvgIpc) is 3.39. The van der Waals surface area contributed by atoms with Gasteiger partial charge in [-0.15, -0.1) is 0 Å². The van der Waals surface area contributed by atoms with Gasteiger partial charge in [-0.25, -0.2) is 0 Å². The number of aromatic nitrogens is 3. The molecule has 0 saturated heterocycles. The molecule has 152 valence electrons. The molecule has 1 amide bonds. The lowest BCUT2D eigenvalue weighted by molar-refractivity contribution is 0.0767. The third-order valence-electron chi connectivity index (χ3n) is 5.49. The van der Waals surface area contributed by atoms with Gasteiger partial charge in [-0.1, -0.05) is 6.07 Å². The van der Waals surface area contributed by atoms with Gasteiger partial charge in [0.2, 0.25) is 0 Å². The van der Waals surface area contributed by atoms with Crippen LogP contribution >= 0.6 is 0 Å². The van der Waals surface area contributed by atoms with E-state index < -0.39 is 0 Å². The Morgan fingerprint density at radius 1 is 1.38 bits per heavy atom. The first kappa shape index (κ1) is 19.4. The number of carbonyl (C=O) groups is 1. The monoisotopic (exact) mass is 393 g/mol. The molecule has 7 nitrogen and oxygen atoms in total. The molecule has 0 bridgehead atoms. The van der Waals surface area contributed by atoms with Crippen molar-refractivity contribution in [3.8, 4) is 0 Å². The summed E-state index contributed by atoms with van der Waals surface area (Å²) in [5, 5.41) is 8.29. The summed E-state index contributed by atoms with van der Waals surface area (Å²) in [4.78, 5) is 19.0. The number of furan rings is 1. The lowest BCUT2D eigenvalue weighted by Gasteiger charge is -2.25. The molecule has 1 aliphatic carbocycles. The molecule has 1 aliphatic rings. The van der Waals surface area contributed by atoms with Gasteiger partial charge in [0, 0.05) is 49.8 Å². The van der Waals surface area contributed by atoms with E-state index in [0.717, 1.165) is 49.2 Å². The van der Waals surface area contributed by atoms with E-state index in [2.05, 4.69) is 28.4 Å². The normalized spacial score (nSPS) is 15.9. The molecule has 0 saturated carbocycles. The van der Waals surface area contributed by atoms with Gasteiger partial charge >= 0.3 is 0 Å². The molecule has 1 N–H and O–H groups in total. The molecule has 3 heterocycles. The third-order valence-corrected chi connectivity index (χ3v) is 5.49. The van der Waals surface area contributed by atoms with Gasteiger partial charge in [0.1, 0.15) is 5.76 Å². The molecule has 0 radical (unpaired) electrons. The molecule has 0 aliphatic heterocycles. The standard InChI is InChI=1S/C22H27N5O2/c1-3-27-20-9-8-17(24-14-16-6-4-10-23-13-16)12-19(20)21(25-27)22(28)26(2)15-18-7-5-11-29-18/h4-7,10-11,13,17,24H,3,8-9,12,14-15H2,1-2H3/t17-/m0/s1. The molecule has 29 heavy (non-hydrogen) atoms. The van der Waals surface area contributed by atoms with Crippen molar-refractivity contribution in [3.63, 3.8) is 0 Å². The number of fused-ring (bicyclic) bond motifs is 1. The Morgan fingerprint density at radius 2 is 2.28 bits per heavy atom. The maximum absolute atomic E-state index is 13.1. The van der Waals surface area contributed by atoms with Crippen molar-refractivity contribution in [1.82, 2.24) is 25.0 Å². The van der Waals surface area contributed by atoms with E-state index in [1.165, 1.54) is 5.69 Å². The Hall–Kier alpha value is -2.93. The molecular formula is C22H27N5O2. The zero-order valence-electron chi connectivity index (χ0n) is 17.0. The zero-order chi connectivity index (χ0) is 20.2.